The number of nitrogens with zero attached hydrogens (tertiary/aromatic N) is 2. The van der Waals surface area contributed by atoms with Crippen LogP contribution in [0.15, 0.2) is 33.3 Å². The van der Waals surface area contributed by atoms with Gasteiger partial charge in [0.2, 0.25) is 0 Å². The molecule has 0 bridgehead atoms. The minimum Gasteiger partial charge on any atom is -0.383 e. The first-order chi connectivity index (χ1) is 10.1. The number of ether oxygens (including phenoxy) is 1. The van der Waals surface area contributed by atoms with Crippen LogP contribution in [0.5, 0.6) is 0 Å². The lowest BCUT2D eigenvalue weighted by Crippen LogP contribution is -2.23. The molecule has 1 atom stereocenters. The van der Waals surface area contributed by atoms with Crippen LogP contribution in [0.3, 0.4) is 0 Å². The van der Waals surface area contributed by atoms with E-state index in [1.165, 1.54) is 11.1 Å². The summed E-state index contributed by atoms with van der Waals surface area (Å²) < 4.78 is 9.22. The molecule has 0 saturated carbocycles. The first-order valence-corrected chi connectivity index (χ1v) is 8.30. The van der Waals surface area contributed by atoms with E-state index in [1.54, 1.807) is 7.11 Å². The number of methoxy groups -OCH3 is 1. The van der Waals surface area contributed by atoms with Gasteiger partial charge in [0, 0.05) is 11.6 Å². The Bertz CT molecular complexity index is 593. The molecule has 1 heterocycles. The second kappa shape index (κ2) is 7.54. The number of benzene rings is 1. The van der Waals surface area contributed by atoms with Crippen molar-refractivity contribution in [3.63, 3.8) is 0 Å². The van der Waals surface area contributed by atoms with Gasteiger partial charge in [-0.2, -0.15) is 5.10 Å². The Kier molecular flexibility index (Phi) is 5.98. The lowest BCUT2D eigenvalue weighted by Gasteiger charge is -2.20. The van der Waals surface area contributed by atoms with E-state index in [9.17, 15) is 0 Å². The lowest BCUT2D eigenvalue weighted by molar-refractivity contribution is 0.182. The molecule has 1 N–H and O–H groups in total. The van der Waals surface area contributed by atoms with Crippen molar-refractivity contribution in [2.75, 3.05) is 20.8 Å². The van der Waals surface area contributed by atoms with Crippen molar-refractivity contribution in [3.8, 4) is 0 Å². The van der Waals surface area contributed by atoms with E-state index in [2.05, 4.69) is 67.4 Å². The SMILES string of the molecule is CNC(c1cc(C)cc(Br)c1)c1c(Br)cnn1CCOC. The molecule has 2 rings (SSSR count). The van der Waals surface area contributed by atoms with Gasteiger partial charge in [-0.3, -0.25) is 4.68 Å². The van der Waals surface area contributed by atoms with E-state index in [0.29, 0.717) is 6.61 Å². The van der Waals surface area contributed by atoms with Crippen LogP contribution in [0.1, 0.15) is 22.9 Å². The number of hydrogen-bond acceptors (Lipinski definition) is 3. The number of halogens is 2. The molecule has 2 aromatic rings. The van der Waals surface area contributed by atoms with Crippen molar-refractivity contribution < 1.29 is 4.74 Å². The van der Waals surface area contributed by atoms with Crippen LogP contribution in [-0.2, 0) is 11.3 Å². The van der Waals surface area contributed by atoms with E-state index in [0.717, 1.165) is 21.2 Å². The zero-order valence-corrected chi connectivity index (χ0v) is 15.5. The molecule has 0 radical (unpaired) electrons. The van der Waals surface area contributed by atoms with Gasteiger partial charge < -0.3 is 10.1 Å². The van der Waals surface area contributed by atoms with Gasteiger partial charge in [-0.25, -0.2) is 0 Å². The Morgan fingerprint density at radius 1 is 1.33 bits per heavy atom. The summed E-state index contributed by atoms with van der Waals surface area (Å²) in [5, 5.41) is 7.81. The molecule has 0 amide bonds. The molecule has 1 aromatic heterocycles. The highest BCUT2D eigenvalue weighted by Gasteiger charge is 2.21. The molecule has 0 aliphatic heterocycles. The van der Waals surface area contributed by atoms with Gasteiger partial charge >= 0.3 is 0 Å². The maximum atomic E-state index is 5.16. The summed E-state index contributed by atoms with van der Waals surface area (Å²) in [7, 11) is 3.66. The summed E-state index contributed by atoms with van der Waals surface area (Å²) in [6.07, 6.45) is 1.83. The summed E-state index contributed by atoms with van der Waals surface area (Å²) >= 11 is 7.18. The predicted molar refractivity (Wildman–Crippen MR) is 91.6 cm³/mol. The summed E-state index contributed by atoms with van der Waals surface area (Å²) in [6.45, 7) is 3.45. The molecular weight excluding hydrogens is 398 g/mol. The van der Waals surface area contributed by atoms with E-state index in [1.807, 2.05) is 17.9 Å². The quantitative estimate of drug-likeness (QED) is 0.780. The number of aryl methyl sites for hydroxylation is 1. The average Bonchev–Trinajstić information content (AvgIpc) is 2.78. The zero-order valence-electron chi connectivity index (χ0n) is 12.4. The van der Waals surface area contributed by atoms with Gasteiger partial charge in [0.15, 0.2) is 0 Å². The summed E-state index contributed by atoms with van der Waals surface area (Å²) in [5.41, 5.74) is 3.52. The van der Waals surface area contributed by atoms with E-state index >= 15 is 0 Å². The van der Waals surface area contributed by atoms with Crippen LogP contribution in [0.4, 0.5) is 0 Å². The maximum Gasteiger partial charge on any atom is 0.0757 e. The lowest BCUT2D eigenvalue weighted by atomic mass is 10.0. The summed E-state index contributed by atoms with van der Waals surface area (Å²) in [6, 6.07) is 6.49. The zero-order chi connectivity index (χ0) is 15.4. The first kappa shape index (κ1) is 16.7. The van der Waals surface area contributed by atoms with Gasteiger partial charge in [-0.15, -0.1) is 0 Å². The highest BCUT2D eigenvalue weighted by Crippen LogP contribution is 2.30. The van der Waals surface area contributed by atoms with Crippen LogP contribution in [-0.4, -0.2) is 30.5 Å². The van der Waals surface area contributed by atoms with Crippen molar-refractivity contribution in [2.24, 2.45) is 0 Å². The monoisotopic (exact) mass is 415 g/mol. The molecule has 0 fully saturated rings. The van der Waals surface area contributed by atoms with E-state index in [-0.39, 0.29) is 6.04 Å². The third-order valence-electron chi connectivity index (χ3n) is 3.30. The fraction of sp³-hybridized carbons (Fsp3) is 0.400. The molecule has 4 nitrogen and oxygen atoms in total. The Morgan fingerprint density at radius 2 is 2.10 bits per heavy atom. The maximum absolute atomic E-state index is 5.16. The smallest absolute Gasteiger partial charge is 0.0757 e. The Hall–Kier alpha value is -0.690. The highest BCUT2D eigenvalue weighted by molar-refractivity contribution is 9.10. The van der Waals surface area contributed by atoms with Crippen LogP contribution in [0.25, 0.3) is 0 Å². The normalized spacial score (nSPS) is 12.6. The molecule has 114 valence electrons. The minimum atomic E-state index is 0.0648. The van der Waals surface area contributed by atoms with Crippen LogP contribution in [0.2, 0.25) is 0 Å². The first-order valence-electron chi connectivity index (χ1n) is 6.71. The summed E-state index contributed by atoms with van der Waals surface area (Å²) in [5.74, 6) is 0. The van der Waals surface area contributed by atoms with Crippen LogP contribution >= 0.6 is 31.9 Å². The van der Waals surface area contributed by atoms with Crippen LogP contribution < -0.4 is 5.32 Å². The molecule has 6 heteroatoms. The predicted octanol–water partition coefficient (Wildman–Crippen LogP) is 3.67. The van der Waals surface area contributed by atoms with Gasteiger partial charge in [-0.05, 0) is 53.2 Å². The number of rotatable bonds is 6. The molecule has 0 aliphatic rings. The van der Waals surface area contributed by atoms with Crippen molar-refractivity contribution in [2.45, 2.75) is 19.5 Å². The van der Waals surface area contributed by atoms with Crippen molar-refractivity contribution >= 4 is 31.9 Å². The van der Waals surface area contributed by atoms with Crippen molar-refractivity contribution in [3.05, 3.63) is 50.2 Å². The number of nitrogens with one attached hydrogen (secondary N) is 1. The molecule has 0 aliphatic carbocycles. The van der Waals surface area contributed by atoms with Gasteiger partial charge in [0.1, 0.15) is 0 Å². The highest BCUT2D eigenvalue weighted by atomic mass is 79.9. The van der Waals surface area contributed by atoms with Crippen molar-refractivity contribution in [1.82, 2.24) is 15.1 Å². The van der Waals surface area contributed by atoms with Crippen molar-refractivity contribution in [1.29, 1.82) is 0 Å². The minimum absolute atomic E-state index is 0.0648. The fourth-order valence-corrected chi connectivity index (χ4v) is 3.56. The fourth-order valence-electron chi connectivity index (χ4n) is 2.41. The second-order valence-electron chi connectivity index (χ2n) is 4.88. The topological polar surface area (TPSA) is 39.1 Å². The van der Waals surface area contributed by atoms with Gasteiger partial charge in [0.05, 0.1) is 35.6 Å². The number of hydrogen-bond donors (Lipinski definition) is 1. The standard InChI is InChI=1S/C15H19Br2N3O/c1-10-6-11(8-12(16)7-10)14(18-2)15-13(17)9-19-20(15)4-5-21-3/h6-9,14,18H,4-5H2,1-3H3. The van der Waals surface area contributed by atoms with Gasteiger partial charge in [0.25, 0.3) is 0 Å². The van der Waals surface area contributed by atoms with Gasteiger partial charge in [-0.1, -0.05) is 22.0 Å². The molecule has 1 aromatic carbocycles. The Balaban J connectivity index is 2.43. The molecule has 21 heavy (non-hydrogen) atoms. The summed E-state index contributed by atoms with van der Waals surface area (Å²) in [4.78, 5) is 0. The van der Waals surface area contributed by atoms with E-state index < -0.39 is 0 Å². The third-order valence-corrected chi connectivity index (χ3v) is 4.37. The molecular formula is C15H19Br2N3O. The number of aromatic nitrogens is 2. The Labute approximate surface area is 142 Å². The molecule has 0 saturated heterocycles. The Morgan fingerprint density at radius 3 is 2.71 bits per heavy atom. The molecule has 0 spiro atoms. The third kappa shape index (κ3) is 3.94. The molecule has 1 unspecified atom stereocenters. The van der Waals surface area contributed by atoms with Crippen LogP contribution in [0, 0.1) is 6.92 Å². The second-order valence-corrected chi connectivity index (χ2v) is 6.65. The average molecular weight is 417 g/mol. The largest absolute Gasteiger partial charge is 0.383 e. The van der Waals surface area contributed by atoms with E-state index in [4.69, 9.17) is 4.74 Å².